The SMILES string of the molecule is CCN(c1nc(C)cc(C(=O)O)n1)C(C)CN(C)C. The predicted molar refractivity (Wildman–Crippen MR) is 74.8 cm³/mol. The summed E-state index contributed by atoms with van der Waals surface area (Å²) in [6.07, 6.45) is 0. The molecule has 1 heterocycles. The lowest BCUT2D eigenvalue weighted by molar-refractivity contribution is 0.0690. The Morgan fingerprint density at radius 2 is 2.05 bits per heavy atom. The van der Waals surface area contributed by atoms with E-state index in [2.05, 4.69) is 21.8 Å². The van der Waals surface area contributed by atoms with Crippen LogP contribution in [0.25, 0.3) is 0 Å². The maximum Gasteiger partial charge on any atom is 0.354 e. The van der Waals surface area contributed by atoms with Crippen molar-refractivity contribution in [2.24, 2.45) is 0 Å². The Labute approximate surface area is 114 Å². The number of carboxylic acid groups (broad SMARTS) is 1. The minimum Gasteiger partial charge on any atom is -0.477 e. The monoisotopic (exact) mass is 266 g/mol. The number of aromatic nitrogens is 2. The second-order valence-corrected chi connectivity index (χ2v) is 4.90. The van der Waals surface area contributed by atoms with Gasteiger partial charge in [0.05, 0.1) is 0 Å². The fourth-order valence-electron chi connectivity index (χ4n) is 2.07. The lowest BCUT2D eigenvalue weighted by Gasteiger charge is -2.30. The highest BCUT2D eigenvalue weighted by Crippen LogP contribution is 2.14. The minimum atomic E-state index is -1.02. The zero-order valence-electron chi connectivity index (χ0n) is 12.2. The number of carbonyl (C=O) groups is 1. The van der Waals surface area contributed by atoms with Gasteiger partial charge in [-0.15, -0.1) is 0 Å². The van der Waals surface area contributed by atoms with Gasteiger partial charge < -0.3 is 14.9 Å². The molecule has 0 aromatic carbocycles. The number of hydrogen-bond acceptors (Lipinski definition) is 5. The minimum absolute atomic E-state index is 0.0398. The zero-order chi connectivity index (χ0) is 14.6. The first kappa shape index (κ1) is 15.4. The molecule has 0 radical (unpaired) electrons. The van der Waals surface area contributed by atoms with Gasteiger partial charge in [0.1, 0.15) is 0 Å². The standard InChI is InChI=1S/C13H22N4O2/c1-6-17(10(3)8-16(4)5)13-14-9(2)7-11(15-13)12(18)19/h7,10H,6,8H2,1-5H3,(H,18,19). The molecule has 0 aliphatic heterocycles. The quantitative estimate of drug-likeness (QED) is 0.836. The third-order valence-corrected chi connectivity index (χ3v) is 2.82. The Morgan fingerprint density at radius 1 is 1.42 bits per heavy atom. The van der Waals surface area contributed by atoms with Gasteiger partial charge in [0.2, 0.25) is 5.95 Å². The Morgan fingerprint density at radius 3 is 2.53 bits per heavy atom. The van der Waals surface area contributed by atoms with E-state index in [1.807, 2.05) is 25.9 Å². The van der Waals surface area contributed by atoms with Crippen molar-refractivity contribution in [3.63, 3.8) is 0 Å². The number of rotatable bonds is 6. The molecule has 0 saturated carbocycles. The number of anilines is 1. The summed E-state index contributed by atoms with van der Waals surface area (Å²) in [6, 6.07) is 1.69. The van der Waals surface area contributed by atoms with Gasteiger partial charge in [0.25, 0.3) is 0 Å². The van der Waals surface area contributed by atoms with E-state index in [1.54, 1.807) is 6.92 Å². The van der Waals surface area contributed by atoms with E-state index in [1.165, 1.54) is 6.07 Å². The molecule has 1 rings (SSSR count). The Bertz CT molecular complexity index is 448. The number of nitrogens with zero attached hydrogens (tertiary/aromatic N) is 4. The van der Waals surface area contributed by atoms with Crippen molar-refractivity contribution in [3.05, 3.63) is 17.5 Å². The van der Waals surface area contributed by atoms with E-state index >= 15 is 0 Å². The average molecular weight is 266 g/mol. The van der Waals surface area contributed by atoms with Crippen LogP contribution in [0.15, 0.2) is 6.07 Å². The van der Waals surface area contributed by atoms with Gasteiger partial charge in [-0.25, -0.2) is 14.8 Å². The van der Waals surface area contributed by atoms with Crippen molar-refractivity contribution in [1.29, 1.82) is 0 Å². The van der Waals surface area contributed by atoms with Crippen LogP contribution in [0.3, 0.4) is 0 Å². The van der Waals surface area contributed by atoms with Gasteiger partial charge in [0, 0.05) is 24.8 Å². The van der Waals surface area contributed by atoms with Gasteiger partial charge in [0.15, 0.2) is 5.69 Å². The van der Waals surface area contributed by atoms with Crippen molar-refractivity contribution >= 4 is 11.9 Å². The molecule has 6 heteroatoms. The number of likely N-dealkylation sites (N-methyl/N-ethyl adjacent to an activating group) is 2. The van der Waals surface area contributed by atoms with Crippen LogP contribution in [0.1, 0.15) is 30.0 Å². The maximum atomic E-state index is 11.0. The van der Waals surface area contributed by atoms with E-state index in [0.29, 0.717) is 11.6 Å². The third-order valence-electron chi connectivity index (χ3n) is 2.82. The van der Waals surface area contributed by atoms with Gasteiger partial charge in [-0.05, 0) is 40.9 Å². The van der Waals surface area contributed by atoms with Crippen molar-refractivity contribution in [1.82, 2.24) is 14.9 Å². The Hall–Kier alpha value is -1.69. The third kappa shape index (κ3) is 4.17. The second-order valence-electron chi connectivity index (χ2n) is 4.90. The molecule has 0 aliphatic carbocycles. The lowest BCUT2D eigenvalue weighted by Crippen LogP contribution is -2.41. The molecule has 0 bridgehead atoms. The summed E-state index contributed by atoms with van der Waals surface area (Å²) in [5, 5.41) is 9.06. The highest BCUT2D eigenvalue weighted by atomic mass is 16.4. The molecule has 1 aromatic heterocycles. The van der Waals surface area contributed by atoms with E-state index in [4.69, 9.17) is 5.11 Å². The lowest BCUT2D eigenvalue weighted by atomic mass is 10.2. The molecule has 1 aromatic rings. The molecule has 1 N–H and O–H groups in total. The predicted octanol–water partition coefficient (Wildman–Crippen LogP) is 1.26. The van der Waals surface area contributed by atoms with E-state index in [-0.39, 0.29) is 11.7 Å². The molecule has 0 saturated heterocycles. The van der Waals surface area contributed by atoms with Gasteiger partial charge in [-0.2, -0.15) is 0 Å². The number of aryl methyl sites for hydroxylation is 1. The molecule has 1 atom stereocenters. The smallest absolute Gasteiger partial charge is 0.354 e. The second kappa shape index (κ2) is 6.47. The molecule has 0 fully saturated rings. The molecule has 6 nitrogen and oxygen atoms in total. The van der Waals surface area contributed by atoms with Crippen LogP contribution >= 0.6 is 0 Å². The summed E-state index contributed by atoms with van der Waals surface area (Å²) in [5.74, 6) is -0.544. The Balaban J connectivity index is 3.07. The number of aromatic carboxylic acids is 1. The van der Waals surface area contributed by atoms with Crippen molar-refractivity contribution in [2.75, 3.05) is 32.1 Å². The fourth-order valence-corrected chi connectivity index (χ4v) is 2.07. The summed E-state index contributed by atoms with van der Waals surface area (Å²) in [5.41, 5.74) is 0.705. The molecule has 0 aliphatic rings. The average Bonchev–Trinajstić information content (AvgIpc) is 2.27. The van der Waals surface area contributed by atoms with Crippen molar-refractivity contribution in [3.8, 4) is 0 Å². The number of hydrogen-bond donors (Lipinski definition) is 1. The normalized spacial score (nSPS) is 12.5. The molecule has 0 spiro atoms. The Kier molecular flexibility index (Phi) is 5.23. The van der Waals surface area contributed by atoms with Crippen LogP contribution in [-0.4, -0.2) is 59.2 Å². The highest BCUT2D eigenvalue weighted by Gasteiger charge is 2.18. The zero-order valence-corrected chi connectivity index (χ0v) is 12.2. The first-order valence-corrected chi connectivity index (χ1v) is 6.35. The first-order valence-electron chi connectivity index (χ1n) is 6.35. The topological polar surface area (TPSA) is 69.6 Å². The molecule has 1 unspecified atom stereocenters. The van der Waals surface area contributed by atoms with E-state index < -0.39 is 5.97 Å². The first-order chi connectivity index (χ1) is 8.85. The van der Waals surface area contributed by atoms with Crippen LogP contribution in [0, 0.1) is 6.92 Å². The van der Waals surface area contributed by atoms with Gasteiger partial charge in [-0.3, -0.25) is 0 Å². The van der Waals surface area contributed by atoms with Crippen LogP contribution in [0.2, 0.25) is 0 Å². The van der Waals surface area contributed by atoms with Gasteiger partial charge >= 0.3 is 5.97 Å². The van der Waals surface area contributed by atoms with Crippen LogP contribution < -0.4 is 4.90 Å². The summed E-state index contributed by atoms with van der Waals surface area (Å²) >= 11 is 0. The fraction of sp³-hybridized carbons (Fsp3) is 0.615. The van der Waals surface area contributed by atoms with Crippen LogP contribution in [0.4, 0.5) is 5.95 Å². The van der Waals surface area contributed by atoms with Crippen LogP contribution in [0.5, 0.6) is 0 Å². The van der Waals surface area contributed by atoms with Crippen LogP contribution in [-0.2, 0) is 0 Å². The van der Waals surface area contributed by atoms with Crippen molar-refractivity contribution < 1.29 is 9.90 Å². The summed E-state index contributed by atoms with van der Waals surface area (Å²) in [7, 11) is 4.01. The molecule has 106 valence electrons. The van der Waals surface area contributed by atoms with E-state index in [0.717, 1.165) is 13.1 Å². The summed E-state index contributed by atoms with van der Waals surface area (Å²) < 4.78 is 0. The van der Waals surface area contributed by atoms with E-state index in [9.17, 15) is 4.79 Å². The largest absolute Gasteiger partial charge is 0.477 e. The molecular weight excluding hydrogens is 244 g/mol. The summed E-state index contributed by atoms with van der Waals surface area (Å²) in [6.45, 7) is 7.46. The van der Waals surface area contributed by atoms with Gasteiger partial charge in [-0.1, -0.05) is 0 Å². The molecule has 0 amide bonds. The molecule has 19 heavy (non-hydrogen) atoms. The summed E-state index contributed by atoms with van der Waals surface area (Å²) in [4.78, 5) is 23.6. The highest BCUT2D eigenvalue weighted by molar-refractivity contribution is 5.85. The maximum absolute atomic E-state index is 11.0. The van der Waals surface area contributed by atoms with Crippen molar-refractivity contribution in [2.45, 2.75) is 26.8 Å². The molecular formula is C13H22N4O2. The number of carboxylic acids is 1.